The molecule has 1 aromatic rings. The molecule has 118 valence electrons. The highest BCUT2D eigenvalue weighted by Crippen LogP contribution is 2.22. The number of benzene rings is 1. The van der Waals surface area contributed by atoms with Gasteiger partial charge in [-0.25, -0.2) is 13.1 Å². The molecule has 0 aliphatic carbocycles. The first-order valence-electron chi connectivity index (χ1n) is 6.65. The van der Waals surface area contributed by atoms with E-state index < -0.39 is 15.9 Å². The Morgan fingerprint density at radius 3 is 2.33 bits per heavy atom. The van der Waals surface area contributed by atoms with E-state index in [0.29, 0.717) is 5.75 Å². The van der Waals surface area contributed by atoms with Gasteiger partial charge in [0.1, 0.15) is 5.75 Å². The van der Waals surface area contributed by atoms with E-state index in [4.69, 9.17) is 4.74 Å². The molecule has 2 N–H and O–H groups in total. The van der Waals surface area contributed by atoms with Gasteiger partial charge in [0, 0.05) is 13.1 Å². The molecule has 0 radical (unpaired) electrons. The molecule has 0 bridgehead atoms. The van der Waals surface area contributed by atoms with Crippen LogP contribution in [0.25, 0.3) is 0 Å². The van der Waals surface area contributed by atoms with Crippen molar-refractivity contribution < 1.29 is 17.9 Å². The van der Waals surface area contributed by atoms with Crippen LogP contribution in [0.1, 0.15) is 31.1 Å². The zero-order chi connectivity index (χ0) is 16.2. The van der Waals surface area contributed by atoms with E-state index in [1.54, 1.807) is 6.92 Å². The summed E-state index contributed by atoms with van der Waals surface area (Å²) in [6, 6.07) is 3.99. The smallest absolute Gasteiger partial charge is 0.254 e. The van der Waals surface area contributed by atoms with Crippen LogP contribution >= 0.6 is 0 Å². The van der Waals surface area contributed by atoms with Crippen molar-refractivity contribution >= 4 is 15.9 Å². The van der Waals surface area contributed by atoms with Crippen LogP contribution in [-0.2, 0) is 10.0 Å². The standard InChI is InChI=1S/C14H22N2O4S/c1-9(2)10(3)16-21(18,19)11-6-7-13(20-5)12(8-11)14(17)15-4/h6-10,16H,1-5H3,(H,15,17)/t10-/m1/s1. The first kappa shape index (κ1) is 17.5. The Bertz CT molecular complexity index is 611. The number of carbonyl (C=O) groups is 1. The Hall–Kier alpha value is -1.60. The summed E-state index contributed by atoms with van der Waals surface area (Å²) in [5.74, 6) is 0.0856. The quantitative estimate of drug-likeness (QED) is 0.831. The maximum absolute atomic E-state index is 12.3. The average Bonchev–Trinajstić information content (AvgIpc) is 2.45. The SMILES string of the molecule is CNC(=O)c1cc(S(=O)(=O)N[C@H](C)C(C)C)ccc1OC. The number of rotatable bonds is 6. The summed E-state index contributed by atoms with van der Waals surface area (Å²) in [6.07, 6.45) is 0. The minimum atomic E-state index is -3.68. The summed E-state index contributed by atoms with van der Waals surface area (Å²) in [5.41, 5.74) is 0.181. The predicted octanol–water partition coefficient (Wildman–Crippen LogP) is 1.38. The molecule has 1 atom stereocenters. The fourth-order valence-electron chi connectivity index (χ4n) is 1.62. The predicted molar refractivity (Wildman–Crippen MR) is 81.0 cm³/mol. The Morgan fingerprint density at radius 1 is 1.24 bits per heavy atom. The van der Waals surface area contributed by atoms with Crippen LogP contribution in [0.3, 0.4) is 0 Å². The van der Waals surface area contributed by atoms with Crippen LogP contribution in [0, 0.1) is 5.92 Å². The van der Waals surface area contributed by atoms with Gasteiger partial charge in [0.05, 0.1) is 17.6 Å². The number of hydrogen-bond donors (Lipinski definition) is 2. The van der Waals surface area contributed by atoms with Gasteiger partial charge < -0.3 is 10.1 Å². The zero-order valence-corrected chi connectivity index (χ0v) is 13.7. The van der Waals surface area contributed by atoms with Crippen LogP contribution in [0.4, 0.5) is 0 Å². The highest BCUT2D eigenvalue weighted by molar-refractivity contribution is 7.89. The monoisotopic (exact) mass is 314 g/mol. The first-order valence-corrected chi connectivity index (χ1v) is 8.13. The third-order valence-corrected chi connectivity index (χ3v) is 4.85. The Kier molecular flexibility index (Phi) is 5.74. The lowest BCUT2D eigenvalue weighted by Gasteiger charge is -2.18. The molecule has 0 aromatic heterocycles. The number of nitrogens with one attached hydrogen (secondary N) is 2. The van der Waals surface area contributed by atoms with E-state index in [1.165, 1.54) is 32.4 Å². The zero-order valence-electron chi connectivity index (χ0n) is 12.9. The molecule has 0 fully saturated rings. The van der Waals surface area contributed by atoms with Crippen LogP contribution in [-0.4, -0.2) is 34.5 Å². The van der Waals surface area contributed by atoms with Gasteiger partial charge in [0.2, 0.25) is 10.0 Å². The van der Waals surface area contributed by atoms with E-state index in [0.717, 1.165) is 0 Å². The van der Waals surface area contributed by atoms with E-state index in [-0.39, 0.29) is 22.4 Å². The summed E-state index contributed by atoms with van der Waals surface area (Å²) in [6.45, 7) is 5.65. The number of methoxy groups -OCH3 is 1. The van der Waals surface area contributed by atoms with Crippen molar-refractivity contribution in [2.45, 2.75) is 31.7 Å². The van der Waals surface area contributed by atoms with Crippen molar-refractivity contribution in [3.63, 3.8) is 0 Å². The molecule has 0 unspecified atom stereocenters. The summed E-state index contributed by atoms with van der Waals surface area (Å²) in [7, 11) is -0.779. The summed E-state index contributed by atoms with van der Waals surface area (Å²) >= 11 is 0. The van der Waals surface area contributed by atoms with Crippen LogP contribution < -0.4 is 14.8 Å². The van der Waals surface area contributed by atoms with Gasteiger partial charge >= 0.3 is 0 Å². The molecule has 0 aliphatic heterocycles. The summed E-state index contributed by atoms with van der Waals surface area (Å²) in [5, 5.41) is 2.46. The Labute approximate surface area is 125 Å². The second-order valence-electron chi connectivity index (χ2n) is 5.10. The highest BCUT2D eigenvalue weighted by Gasteiger charge is 2.22. The number of amides is 1. The van der Waals surface area contributed by atoms with Gasteiger partial charge in [-0.05, 0) is 31.0 Å². The van der Waals surface area contributed by atoms with Crippen molar-refractivity contribution in [2.75, 3.05) is 14.2 Å². The molecular weight excluding hydrogens is 292 g/mol. The Balaban J connectivity index is 3.22. The third-order valence-electron chi connectivity index (χ3n) is 3.29. The lowest BCUT2D eigenvalue weighted by atomic mass is 10.1. The molecular formula is C14H22N2O4S. The van der Waals surface area contributed by atoms with Crippen LogP contribution in [0.15, 0.2) is 23.1 Å². The topological polar surface area (TPSA) is 84.5 Å². The normalized spacial score (nSPS) is 13.0. The molecule has 6 nitrogen and oxygen atoms in total. The van der Waals surface area contributed by atoms with E-state index >= 15 is 0 Å². The van der Waals surface area contributed by atoms with Gasteiger partial charge in [-0.3, -0.25) is 4.79 Å². The minimum Gasteiger partial charge on any atom is -0.496 e. The number of carbonyl (C=O) groups excluding carboxylic acids is 1. The van der Waals surface area contributed by atoms with Crippen LogP contribution in [0.2, 0.25) is 0 Å². The maximum Gasteiger partial charge on any atom is 0.254 e. The van der Waals surface area contributed by atoms with Gasteiger partial charge in [-0.2, -0.15) is 0 Å². The molecule has 1 rings (SSSR count). The number of ether oxygens (including phenoxy) is 1. The average molecular weight is 314 g/mol. The maximum atomic E-state index is 12.3. The summed E-state index contributed by atoms with van der Waals surface area (Å²) in [4.78, 5) is 11.8. The van der Waals surface area contributed by atoms with Gasteiger partial charge in [-0.1, -0.05) is 13.8 Å². The van der Waals surface area contributed by atoms with Crippen molar-refractivity contribution in [3.05, 3.63) is 23.8 Å². The lowest BCUT2D eigenvalue weighted by molar-refractivity contribution is 0.0960. The lowest BCUT2D eigenvalue weighted by Crippen LogP contribution is -2.36. The molecule has 21 heavy (non-hydrogen) atoms. The molecule has 0 aliphatic rings. The number of sulfonamides is 1. The largest absolute Gasteiger partial charge is 0.496 e. The fraction of sp³-hybridized carbons (Fsp3) is 0.500. The number of hydrogen-bond acceptors (Lipinski definition) is 4. The molecule has 0 saturated carbocycles. The van der Waals surface area contributed by atoms with Crippen molar-refractivity contribution in [1.29, 1.82) is 0 Å². The molecule has 7 heteroatoms. The van der Waals surface area contributed by atoms with E-state index in [9.17, 15) is 13.2 Å². The van der Waals surface area contributed by atoms with Crippen molar-refractivity contribution in [1.82, 2.24) is 10.0 Å². The van der Waals surface area contributed by atoms with Gasteiger partial charge in [0.25, 0.3) is 5.91 Å². The second-order valence-corrected chi connectivity index (χ2v) is 6.81. The second kappa shape index (κ2) is 6.91. The van der Waals surface area contributed by atoms with Crippen molar-refractivity contribution in [3.8, 4) is 5.75 Å². The third kappa shape index (κ3) is 4.18. The highest BCUT2D eigenvalue weighted by atomic mass is 32.2. The molecule has 1 aromatic carbocycles. The fourth-order valence-corrected chi connectivity index (χ4v) is 3.03. The van der Waals surface area contributed by atoms with E-state index in [2.05, 4.69) is 10.0 Å². The minimum absolute atomic E-state index is 0.0365. The van der Waals surface area contributed by atoms with E-state index in [1.807, 2.05) is 13.8 Å². The molecule has 0 saturated heterocycles. The Morgan fingerprint density at radius 2 is 1.86 bits per heavy atom. The molecule has 0 heterocycles. The first-order chi connectivity index (χ1) is 9.72. The van der Waals surface area contributed by atoms with Crippen LogP contribution in [0.5, 0.6) is 5.75 Å². The van der Waals surface area contributed by atoms with Gasteiger partial charge in [0.15, 0.2) is 0 Å². The molecule has 1 amide bonds. The van der Waals surface area contributed by atoms with Crippen molar-refractivity contribution in [2.24, 2.45) is 5.92 Å². The van der Waals surface area contributed by atoms with Gasteiger partial charge in [-0.15, -0.1) is 0 Å². The molecule has 0 spiro atoms. The summed E-state index contributed by atoms with van der Waals surface area (Å²) < 4.78 is 32.3.